The Kier molecular flexibility index (Phi) is 4.18. The van der Waals surface area contributed by atoms with Gasteiger partial charge in [-0.1, -0.05) is 53.5 Å². The van der Waals surface area contributed by atoms with Gasteiger partial charge in [-0.25, -0.2) is 8.42 Å². The molecule has 0 amide bonds. The molecule has 0 aliphatic heterocycles. The van der Waals surface area contributed by atoms with Crippen molar-refractivity contribution in [2.75, 3.05) is 6.26 Å². The molecule has 0 unspecified atom stereocenters. The van der Waals surface area contributed by atoms with Crippen LogP contribution in [0.5, 0.6) is 0 Å². The number of sulfone groups is 1. The summed E-state index contributed by atoms with van der Waals surface area (Å²) in [7, 11) is -3.55. The molecule has 0 aromatic heterocycles. The lowest BCUT2D eigenvalue weighted by molar-refractivity contribution is 0.103. The highest BCUT2D eigenvalue weighted by Crippen LogP contribution is 2.31. The minimum absolute atomic E-state index is 0.0562. The molecular formula is C14H10Cl2O3S. The first-order chi connectivity index (χ1) is 9.30. The molecule has 0 bridgehead atoms. The number of carbonyl (C=O) groups is 1. The highest BCUT2D eigenvalue weighted by atomic mass is 35.5. The third-order valence-corrected chi connectivity index (χ3v) is 4.67. The molecule has 0 aliphatic carbocycles. The van der Waals surface area contributed by atoms with Crippen molar-refractivity contribution in [3.05, 3.63) is 63.6 Å². The first kappa shape index (κ1) is 15.0. The van der Waals surface area contributed by atoms with E-state index in [4.69, 9.17) is 23.2 Å². The minimum Gasteiger partial charge on any atom is -0.289 e. The summed E-state index contributed by atoms with van der Waals surface area (Å²) in [6.07, 6.45) is 1.01. The van der Waals surface area contributed by atoms with E-state index < -0.39 is 9.84 Å². The molecule has 104 valence electrons. The third kappa shape index (κ3) is 3.03. The van der Waals surface area contributed by atoms with Crippen LogP contribution in [0.2, 0.25) is 10.0 Å². The molecule has 2 aromatic rings. The molecule has 0 aliphatic rings. The summed E-state index contributed by atoms with van der Waals surface area (Å²) in [4.78, 5) is 12.1. The zero-order valence-corrected chi connectivity index (χ0v) is 12.8. The van der Waals surface area contributed by atoms with E-state index in [1.54, 1.807) is 30.3 Å². The molecule has 20 heavy (non-hydrogen) atoms. The lowest BCUT2D eigenvalue weighted by Crippen LogP contribution is -2.05. The van der Waals surface area contributed by atoms with Crippen LogP contribution >= 0.6 is 23.2 Å². The minimum atomic E-state index is -3.55. The van der Waals surface area contributed by atoms with Gasteiger partial charge in [0.1, 0.15) is 4.90 Å². The lowest BCUT2D eigenvalue weighted by Gasteiger charge is -2.08. The average Bonchev–Trinajstić information content (AvgIpc) is 2.36. The van der Waals surface area contributed by atoms with Gasteiger partial charge in [-0.15, -0.1) is 0 Å². The van der Waals surface area contributed by atoms with Crippen molar-refractivity contribution in [1.29, 1.82) is 0 Å². The summed E-state index contributed by atoms with van der Waals surface area (Å²) in [6.45, 7) is 0. The summed E-state index contributed by atoms with van der Waals surface area (Å²) in [5.41, 5.74) is 0.727. The number of halogens is 2. The fraction of sp³-hybridized carbons (Fsp3) is 0.0714. The van der Waals surface area contributed by atoms with Crippen LogP contribution in [-0.2, 0) is 9.84 Å². The van der Waals surface area contributed by atoms with E-state index in [0.29, 0.717) is 5.56 Å². The van der Waals surface area contributed by atoms with Crippen LogP contribution in [0.4, 0.5) is 0 Å². The Labute approximate surface area is 127 Å². The third-order valence-electron chi connectivity index (χ3n) is 2.67. The van der Waals surface area contributed by atoms with E-state index in [2.05, 4.69) is 0 Å². The molecule has 0 atom stereocenters. The van der Waals surface area contributed by atoms with Crippen LogP contribution in [0.15, 0.2) is 47.4 Å². The van der Waals surface area contributed by atoms with Crippen LogP contribution in [0.25, 0.3) is 0 Å². The largest absolute Gasteiger partial charge is 0.289 e. The first-order valence-electron chi connectivity index (χ1n) is 5.59. The zero-order chi connectivity index (χ0) is 14.9. The molecule has 0 heterocycles. The summed E-state index contributed by atoms with van der Waals surface area (Å²) < 4.78 is 23.1. The average molecular weight is 329 g/mol. The number of carbonyl (C=O) groups excluding carboxylic acids is 1. The SMILES string of the molecule is CS(=O)(=O)c1c(Cl)cc(C(=O)c2ccccc2)cc1Cl. The molecule has 0 saturated heterocycles. The van der Waals surface area contributed by atoms with E-state index in [9.17, 15) is 13.2 Å². The van der Waals surface area contributed by atoms with Crippen molar-refractivity contribution >= 4 is 38.8 Å². The second kappa shape index (κ2) is 5.56. The molecule has 2 aromatic carbocycles. The van der Waals surface area contributed by atoms with Crippen molar-refractivity contribution in [3.8, 4) is 0 Å². The monoisotopic (exact) mass is 328 g/mol. The summed E-state index contributed by atoms with van der Waals surface area (Å²) in [6, 6.07) is 11.2. The number of rotatable bonds is 3. The number of benzene rings is 2. The Morgan fingerprint density at radius 1 is 0.950 bits per heavy atom. The first-order valence-corrected chi connectivity index (χ1v) is 8.24. The highest BCUT2D eigenvalue weighted by Gasteiger charge is 2.20. The van der Waals surface area contributed by atoms with Gasteiger partial charge in [0.25, 0.3) is 0 Å². The van der Waals surface area contributed by atoms with Gasteiger partial charge in [-0.2, -0.15) is 0 Å². The van der Waals surface area contributed by atoms with Gasteiger partial charge in [-0.05, 0) is 12.1 Å². The highest BCUT2D eigenvalue weighted by molar-refractivity contribution is 7.91. The Morgan fingerprint density at radius 3 is 1.90 bits per heavy atom. The molecule has 0 radical (unpaired) electrons. The van der Waals surface area contributed by atoms with Crippen molar-refractivity contribution in [2.24, 2.45) is 0 Å². The predicted octanol–water partition coefficient (Wildman–Crippen LogP) is 3.63. The quantitative estimate of drug-likeness (QED) is 0.808. The molecule has 0 spiro atoms. The second-order valence-electron chi connectivity index (χ2n) is 4.24. The Balaban J connectivity index is 2.54. The fourth-order valence-electron chi connectivity index (χ4n) is 1.80. The maximum absolute atomic E-state index is 12.2. The second-order valence-corrected chi connectivity index (χ2v) is 7.00. The fourth-order valence-corrected chi connectivity index (χ4v) is 3.96. The summed E-state index contributed by atoms with van der Waals surface area (Å²) in [5, 5.41) is -0.112. The summed E-state index contributed by atoms with van der Waals surface area (Å²) in [5.74, 6) is -0.269. The van der Waals surface area contributed by atoms with Crippen LogP contribution in [-0.4, -0.2) is 20.5 Å². The van der Waals surface area contributed by atoms with Crippen LogP contribution in [0.3, 0.4) is 0 Å². The van der Waals surface area contributed by atoms with Gasteiger partial charge >= 0.3 is 0 Å². The van der Waals surface area contributed by atoms with Crippen LogP contribution < -0.4 is 0 Å². The van der Waals surface area contributed by atoms with Crippen LogP contribution in [0, 0.1) is 0 Å². The molecule has 3 nitrogen and oxygen atoms in total. The van der Waals surface area contributed by atoms with Gasteiger partial charge in [0, 0.05) is 17.4 Å². The maximum atomic E-state index is 12.2. The van der Waals surface area contributed by atoms with Crippen molar-refractivity contribution in [3.63, 3.8) is 0 Å². The van der Waals surface area contributed by atoms with E-state index in [1.165, 1.54) is 12.1 Å². The normalized spacial score (nSPS) is 11.3. The van der Waals surface area contributed by atoms with E-state index in [0.717, 1.165) is 6.26 Å². The van der Waals surface area contributed by atoms with Crippen LogP contribution in [0.1, 0.15) is 15.9 Å². The molecule has 0 N–H and O–H groups in total. The van der Waals surface area contributed by atoms with Gasteiger partial charge < -0.3 is 0 Å². The number of ketones is 1. The van der Waals surface area contributed by atoms with Gasteiger partial charge in [-0.3, -0.25) is 4.79 Å². The molecular weight excluding hydrogens is 319 g/mol. The Hall–Kier alpha value is -1.36. The van der Waals surface area contributed by atoms with Crippen molar-refractivity contribution in [2.45, 2.75) is 4.90 Å². The van der Waals surface area contributed by atoms with Crippen molar-refractivity contribution < 1.29 is 13.2 Å². The Bertz CT molecular complexity index is 745. The molecule has 0 saturated carbocycles. The maximum Gasteiger partial charge on any atom is 0.193 e. The topological polar surface area (TPSA) is 51.2 Å². The standard InChI is InChI=1S/C14H10Cl2O3S/c1-20(18,19)14-11(15)7-10(8-12(14)16)13(17)9-5-3-2-4-6-9/h2-8H,1H3. The number of hydrogen-bond acceptors (Lipinski definition) is 3. The lowest BCUT2D eigenvalue weighted by atomic mass is 10.0. The predicted molar refractivity (Wildman–Crippen MR) is 79.4 cm³/mol. The molecule has 2 rings (SSSR count). The zero-order valence-electron chi connectivity index (χ0n) is 10.4. The van der Waals surface area contributed by atoms with E-state index in [-0.39, 0.29) is 26.3 Å². The van der Waals surface area contributed by atoms with E-state index >= 15 is 0 Å². The van der Waals surface area contributed by atoms with E-state index in [1.807, 2.05) is 0 Å². The number of hydrogen-bond donors (Lipinski definition) is 0. The smallest absolute Gasteiger partial charge is 0.193 e. The van der Waals surface area contributed by atoms with Gasteiger partial charge in [0.15, 0.2) is 15.6 Å². The summed E-state index contributed by atoms with van der Waals surface area (Å²) >= 11 is 11.9. The van der Waals surface area contributed by atoms with Gasteiger partial charge in [0.2, 0.25) is 0 Å². The molecule has 0 fully saturated rings. The van der Waals surface area contributed by atoms with Gasteiger partial charge in [0.05, 0.1) is 10.0 Å². The van der Waals surface area contributed by atoms with Crippen molar-refractivity contribution in [1.82, 2.24) is 0 Å². The molecule has 6 heteroatoms. The Morgan fingerprint density at radius 2 is 1.45 bits per heavy atom.